The Morgan fingerprint density at radius 2 is 2.00 bits per heavy atom. The molecule has 2 aromatic rings. The number of rotatable bonds is 6. The summed E-state index contributed by atoms with van der Waals surface area (Å²) in [6.45, 7) is 4.04. The number of hydrazone groups is 1. The SMILES string of the molecule is C=CCOc1ccc(/C=N\NC(=O)c2ccccc2Br)cc1Br. The van der Waals surface area contributed by atoms with Crippen LogP contribution in [0.3, 0.4) is 0 Å². The molecule has 0 atom stereocenters. The zero-order valence-electron chi connectivity index (χ0n) is 12.1. The first-order valence-corrected chi connectivity index (χ1v) is 8.31. The molecule has 0 saturated carbocycles. The molecular formula is C17H14Br2N2O2. The Balaban J connectivity index is 2.00. The molecule has 0 unspecified atom stereocenters. The van der Waals surface area contributed by atoms with E-state index < -0.39 is 0 Å². The summed E-state index contributed by atoms with van der Waals surface area (Å²) >= 11 is 6.76. The average Bonchev–Trinajstić information content (AvgIpc) is 2.54. The summed E-state index contributed by atoms with van der Waals surface area (Å²) in [5.74, 6) is 0.443. The zero-order valence-corrected chi connectivity index (χ0v) is 15.3. The lowest BCUT2D eigenvalue weighted by Crippen LogP contribution is -2.18. The molecule has 0 heterocycles. The van der Waals surface area contributed by atoms with Gasteiger partial charge in [0.15, 0.2) is 0 Å². The van der Waals surface area contributed by atoms with Crippen molar-refractivity contribution in [3.05, 3.63) is 75.2 Å². The van der Waals surface area contributed by atoms with Gasteiger partial charge in [0.1, 0.15) is 12.4 Å². The molecule has 6 heteroatoms. The highest BCUT2D eigenvalue weighted by molar-refractivity contribution is 9.10. The maximum Gasteiger partial charge on any atom is 0.272 e. The Labute approximate surface area is 151 Å². The number of hydrogen-bond donors (Lipinski definition) is 1. The smallest absolute Gasteiger partial charge is 0.272 e. The summed E-state index contributed by atoms with van der Waals surface area (Å²) < 4.78 is 7.00. The highest BCUT2D eigenvalue weighted by atomic mass is 79.9. The van der Waals surface area contributed by atoms with Gasteiger partial charge in [0.2, 0.25) is 0 Å². The van der Waals surface area contributed by atoms with Crippen LogP contribution in [-0.4, -0.2) is 18.7 Å². The number of carbonyl (C=O) groups excluding carboxylic acids is 1. The van der Waals surface area contributed by atoms with E-state index in [-0.39, 0.29) is 5.91 Å². The quantitative estimate of drug-likeness (QED) is 0.409. The van der Waals surface area contributed by atoms with E-state index in [2.05, 4.69) is 49.0 Å². The van der Waals surface area contributed by atoms with Gasteiger partial charge >= 0.3 is 0 Å². The van der Waals surface area contributed by atoms with Gasteiger partial charge in [-0.2, -0.15) is 5.10 Å². The maximum atomic E-state index is 12.0. The van der Waals surface area contributed by atoms with Crippen LogP contribution in [0.25, 0.3) is 0 Å². The van der Waals surface area contributed by atoms with E-state index >= 15 is 0 Å². The van der Waals surface area contributed by atoms with Crippen molar-refractivity contribution in [2.75, 3.05) is 6.61 Å². The number of halogens is 2. The van der Waals surface area contributed by atoms with E-state index in [1.807, 2.05) is 24.3 Å². The largest absolute Gasteiger partial charge is 0.488 e. The van der Waals surface area contributed by atoms with Crippen molar-refractivity contribution in [3.8, 4) is 5.75 Å². The molecule has 0 bridgehead atoms. The Kier molecular flexibility index (Phi) is 6.55. The highest BCUT2D eigenvalue weighted by Crippen LogP contribution is 2.25. The predicted octanol–water partition coefficient (Wildman–Crippen LogP) is 4.54. The van der Waals surface area contributed by atoms with Crippen LogP contribution in [0, 0.1) is 0 Å². The number of benzene rings is 2. The molecule has 0 aliphatic heterocycles. The number of nitrogens with zero attached hydrogens (tertiary/aromatic N) is 1. The number of hydrogen-bond acceptors (Lipinski definition) is 3. The summed E-state index contributed by atoms with van der Waals surface area (Å²) in [5.41, 5.74) is 3.85. The van der Waals surface area contributed by atoms with Crippen molar-refractivity contribution in [1.82, 2.24) is 5.43 Å². The van der Waals surface area contributed by atoms with Gasteiger partial charge in [0.05, 0.1) is 16.3 Å². The lowest BCUT2D eigenvalue weighted by molar-refractivity contribution is 0.0954. The summed E-state index contributed by atoms with van der Waals surface area (Å²) in [5, 5.41) is 3.97. The number of nitrogens with one attached hydrogen (secondary N) is 1. The van der Waals surface area contributed by atoms with E-state index in [1.54, 1.807) is 30.5 Å². The average molecular weight is 438 g/mol. The third-order valence-corrected chi connectivity index (χ3v) is 4.12. The Morgan fingerprint density at radius 3 is 2.70 bits per heavy atom. The lowest BCUT2D eigenvalue weighted by atomic mass is 10.2. The van der Waals surface area contributed by atoms with Crippen LogP contribution in [0.1, 0.15) is 15.9 Å². The maximum absolute atomic E-state index is 12.0. The van der Waals surface area contributed by atoms with Crippen LogP contribution in [0.5, 0.6) is 5.75 Å². The molecule has 0 saturated heterocycles. The predicted molar refractivity (Wildman–Crippen MR) is 99.0 cm³/mol. The van der Waals surface area contributed by atoms with Gasteiger partial charge in [-0.05, 0) is 67.8 Å². The fourth-order valence-corrected chi connectivity index (χ4v) is 2.71. The third-order valence-electron chi connectivity index (χ3n) is 2.81. The van der Waals surface area contributed by atoms with Crippen LogP contribution < -0.4 is 10.2 Å². The van der Waals surface area contributed by atoms with Crippen LogP contribution in [0.15, 0.2) is 69.2 Å². The fourth-order valence-electron chi connectivity index (χ4n) is 1.73. The van der Waals surface area contributed by atoms with Crippen molar-refractivity contribution in [2.45, 2.75) is 0 Å². The molecular weight excluding hydrogens is 424 g/mol. The molecule has 23 heavy (non-hydrogen) atoms. The second-order valence-corrected chi connectivity index (χ2v) is 6.18. The molecule has 0 radical (unpaired) electrons. The zero-order chi connectivity index (χ0) is 16.7. The first kappa shape index (κ1) is 17.4. The van der Waals surface area contributed by atoms with Crippen molar-refractivity contribution in [2.24, 2.45) is 5.10 Å². The van der Waals surface area contributed by atoms with Gasteiger partial charge in [0, 0.05) is 4.47 Å². The molecule has 0 aliphatic carbocycles. The molecule has 4 nitrogen and oxygen atoms in total. The number of ether oxygens (including phenoxy) is 1. The molecule has 0 fully saturated rings. The monoisotopic (exact) mass is 436 g/mol. The van der Waals surface area contributed by atoms with Gasteiger partial charge < -0.3 is 4.74 Å². The minimum absolute atomic E-state index is 0.279. The molecule has 2 rings (SSSR count). The minimum Gasteiger partial charge on any atom is -0.488 e. The van der Waals surface area contributed by atoms with E-state index in [4.69, 9.17) is 4.74 Å². The topological polar surface area (TPSA) is 50.7 Å². The second-order valence-electron chi connectivity index (χ2n) is 4.47. The number of amides is 1. The Bertz CT molecular complexity index is 745. The van der Waals surface area contributed by atoms with Crippen molar-refractivity contribution < 1.29 is 9.53 Å². The van der Waals surface area contributed by atoms with E-state index in [0.717, 1.165) is 20.3 Å². The highest BCUT2D eigenvalue weighted by Gasteiger charge is 2.07. The van der Waals surface area contributed by atoms with Crippen molar-refractivity contribution in [3.63, 3.8) is 0 Å². The summed E-state index contributed by atoms with van der Waals surface area (Å²) in [7, 11) is 0. The normalized spacial score (nSPS) is 10.5. The molecule has 1 amide bonds. The van der Waals surface area contributed by atoms with Gasteiger partial charge in [-0.1, -0.05) is 24.8 Å². The molecule has 0 spiro atoms. The fraction of sp³-hybridized carbons (Fsp3) is 0.0588. The van der Waals surface area contributed by atoms with Gasteiger partial charge in [-0.25, -0.2) is 5.43 Å². The molecule has 1 N–H and O–H groups in total. The lowest BCUT2D eigenvalue weighted by Gasteiger charge is -2.06. The number of carbonyl (C=O) groups is 1. The van der Waals surface area contributed by atoms with Crippen LogP contribution in [-0.2, 0) is 0 Å². The van der Waals surface area contributed by atoms with Crippen LogP contribution >= 0.6 is 31.9 Å². The second kappa shape index (κ2) is 8.64. The summed E-state index contributed by atoms with van der Waals surface area (Å²) in [4.78, 5) is 12.0. The minimum atomic E-state index is -0.279. The first-order valence-electron chi connectivity index (χ1n) is 6.73. The Hall–Kier alpha value is -1.92. The molecule has 0 aromatic heterocycles. The van der Waals surface area contributed by atoms with Gasteiger partial charge in [-0.3, -0.25) is 4.79 Å². The molecule has 2 aromatic carbocycles. The standard InChI is InChI=1S/C17H14Br2N2O2/c1-2-9-23-16-8-7-12(10-15(16)19)11-20-21-17(22)13-5-3-4-6-14(13)18/h2-8,10-11H,1,9H2,(H,21,22)/b20-11-. The van der Waals surface area contributed by atoms with E-state index in [0.29, 0.717) is 12.2 Å². The summed E-state index contributed by atoms with van der Waals surface area (Å²) in [6, 6.07) is 12.7. The van der Waals surface area contributed by atoms with E-state index in [1.165, 1.54) is 0 Å². The first-order chi connectivity index (χ1) is 11.1. The summed E-state index contributed by atoms with van der Waals surface area (Å²) in [6.07, 6.45) is 3.25. The van der Waals surface area contributed by atoms with Crippen LogP contribution in [0.2, 0.25) is 0 Å². The van der Waals surface area contributed by atoms with Crippen molar-refractivity contribution in [1.29, 1.82) is 0 Å². The van der Waals surface area contributed by atoms with Crippen LogP contribution in [0.4, 0.5) is 0 Å². The van der Waals surface area contributed by atoms with E-state index in [9.17, 15) is 4.79 Å². The van der Waals surface area contributed by atoms with Gasteiger partial charge in [-0.15, -0.1) is 0 Å². The third kappa shape index (κ3) is 5.04. The Morgan fingerprint density at radius 1 is 1.22 bits per heavy atom. The molecule has 118 valence electrons. The van der Waals surface area contributed by atoms with Crippen molar-refractivity contribution >= 4 is 44.0 Å². The van der Waals surface area contributed by atoms with Gasteiger partial charge in [0.25, 0.3) is 5.91 Å². The molecule has 0 aliphatic rings.